The lowest BCUT2D eigenvalue weighted by atomic mass is 10.0. The Labute approximate surface area is 181 Å². The first kappa shape index (κ1) is 22.0. The lowest BCUT2D eigenvalue weighted by Gasteiger charge is -2.17. The molecule has 0 saturated heterocycles. The maximum atomic E-state index is 12.4. The summed E-state index contributed by atoms with van der Waals surface area (Å²) < 4.78 is 5.18. The lowest BCUT2D eigenvalue weighted by molar-refractivity contribution is -0.152. The van der Waals surface area contributed by atoms with Crippen LogP contribution in [0.5, 0.6) is 0 Å². The van der Waals surface area contributed by atoms with Crippen molar-refractivity contribution in [1.82, 2.24) is 5.32 Å². The molecule has 0 aliphatic heterocycles. The zero-order valence-corrected chi connectivity index (χ0v) is 18.1. The SMILES string of the molecule is Cc1cc(C)c(NC(=O)[C@H](C)OC(=O)CNC(=O)c2ccc3ccccc3c2)c(C)c1. The monoisotopic (exact) mass is 418 g/mol. The molecule has 0 bridgehead atoms. The predicted molar refractivity (Wildman–Crippen MR) is 121 cm³/mol. The maximum Gasteiger partial charge on any atom is 0.326 e. The van der Waals surface area contributed by atoms with E-state index in [1.54, 1.807) is 12.1 Å². The zero-order chi connectivity index (χ0) is 22.5. The predicted octanol–water partition coefficient (Wildman–Crippen LogP) is 4.07. The molecule has 31 heavy (non-hydrogen) atoms. The molecule has 0 aliphatic rings. The van der Waals surface area contributed by atoms with Gasteiger partial charge in [-0.05, 0) is 61.7 Å². The number of amides is 2. The fourth-order valence-electron chi connectivity index (χ4n) is 3.48. The smallest absolute Gasteiger partial charge is 0.326 e. The molecule has 0 fully saturated rings. The molecule has 2 N–H and O–H groups in total. The van der Waals surface area contributed by atoms with Gasteiger partial charge in [0.25, 0.3) is 11.8 Å². The van der Waals surface area contributed by atoms with Crippen LogP contribution >= 0.6 is 0 Å². The van der Waals surface area contributed by atoms with Gasteiger partial charge in [-0.3, -0.25) is 14.4 Å². The molecule has 0 heterocycles. The quantitative estimate of drug-likeness (QED) is 0.591. The van der Waals surface area contributed by atoms with Crippen LogP contribution in [0.4, 0.5) is 5.69 Å². The van der Waals surface area contributed by atoms with Crippen LogP contribution in [0.25, 0.3) is 10.8 Å². The Kier molecular flexibility index (Phi) is 6.70. The van der Waals surface area contributed by atoms with Gasteiger partial charge in [-0.15, -0.1) is 0 Å². The van der Waals surface area contributed by atoms with Crippen LogP contribution in [0.2, 0.25) is 0 Å². The van der Waals surface area contributed by atoms with Crippen molar-refractivity contribution >= 4 is 34.2 Å². The summed E-state index contributed by atoms with van der Waals surface area (Å²) in [5.41, 5.74) is 4.14. The summed E-state index contributed by atoms with van der Waals surface area (Å²) in [7, 11) is 0. The van der Waals surface area contributed by atoms with E-state index in [4.69, 9.17) is 4.74 Å². The normalized spacial score (nSPS) is 11.6. The summed E-state index contributed by atoms with van der Waals surface area (Å²) in [5, 5.41) is 7.31. The Hall–Kier alpha value is -3.67. The molecule has 3 rings (SSSR count). The Bertz CT molecular complexity index is 1130. The van der Waals surface area contributed by atoms with E-state index in [0.29, 0.717) is 11.3 Å². The highest BCUT2D eigenvalue weighted by Crippen LogP contribution is 2.22. The molecule has 160 valence electrons. The zero-order valence-electron chi connectivity index (χ0n) is 18.1. The minimum absolute atomic E-state index is 0.328. The number of fused-ring (bicyclic) bond motifs is 1. The van der Waals surface area contributed by atoms with Crippen molar-refractivity contribution in [2.24, 2.45) is 0 Å². The van der Waals surface area contributed by atoms with Crippen LogP contribution < -0.4 is 10.6 Å². The Morgan fingerprint density at radius 1 is 0.903 bits per heavy atom. The van der Waals surface area contributed by atoms with Gasteiger partial charge in [0.1, 0.15) is 6.54 Å². The molecular formula is C25H26N2O4. The van der Waals surface area contributed by atoms with Crippen molar-refractivity contribution in [2.45, 2.75) is 33.8 Å². The minimum Gasteiger partial charge on any atom is -0.451 e. The molecule has 3 aromatic rings. The summed E-state index contributed by atoms with van der Waals surface area (Å²) >= 11 is 0. The van der Waals surface area contributed by atoms with Crippen LogP contribution in [0.1, 0.15) is 34.0 Å². The lowest BCUT2D eigenvalue weighted by Crippen LogP contribution is -2.36. The van der Waals surface area contributed by atoms with Gasteiger partial charge in [-0.2, -0.15) is 0 Å². The molecule has 0 radical (unpaired) electrons. The van der Waals surface area contributed by atoms with E-state index in [1.807, 2.05) is 63.2 Å². The Morgan fingerprint density at radius 3 is 2.23 bits per heavy atom. The summed E-state index contributed by atoms with van der Waals surface area (Å²) in [6.45, 7) is 6.98. The number of carbonyl (C=O) groups excluding carboxylic acids is 3. The fourth-order valence-corrected chi connectivity index (χ4v) is 3.48. The molecule has 6 heteroatoms. The molecule has 3 aromatic carbocycles. The third kappa shape index (κ3) is 5.48. The number of benzene rings is 3. The van der Waals surface area contributed by atoms with Gasteiger partial charge in [0.15, 0.2) is 6.10 Å². The number of esters is 1. The second-order valence-corrected chi connectivity index (χ2v) is 7.64. The van der Waals surface area contributed by atoms with Crippen molar-refractivity contribution in [1.29, 1.82) is 0 Å². The second kappa shape index (κ2) is 9.43. The van der Waals surface area contributed by atoms with Crippen LogP contribution in [0.15, 0.2) is 54.6 Å². The standard InChI is InChI=1S/C25H26N2O4/c1-15-11-16(2)23(17(3)12-15)27-24(29)18(4)31-22(28)14-26-25(30)21-10-9-19-7-5-6-8-20(19)13-21/h5-13,18H,14H2,1-4H3,(H,26,30)(H,27,29)/t18-/m0/s1. The van der Waals surface area contributed by atoms with E-state index < -0.39 is 18.0 Å². The minimum atomic E-state index is -0.995. The van der Waals surface area contributed by atoms with E-state index in [-0.39, 0.29) is 12.5 Å². The molecule has 0 saturated carbocycles. The van der Waals surface area contributed by atoms with Crippen molar-refractivity contribution in [2.75, 3.05) is 11.9 Å². The fraction of sp³-hybridized carbons (Fsp3) is 0.240. The van der Waals surface area contributed by atoms with Gasteiger partial charge >= 0.3 is 5.97 Å². The Balaban J connectivity index is 1.53. The number of carbonyl (C=O) groups is 3. The molecule has 6 nitrogen and oxygen atoms in total. The molecular weight excluding hydrogens is 392 g/mol. The summed E-state index contributed by atoms with van der Waals surface area (Å²) in [5.74, 6) is -1.50. The highest BCUT2D eigenvalue weighted by atomic mass is 16.5. The van der Waals surface area contributed by atoms with E-state index >= 15 is 0 Å². The second-order valence-electron chi connectivity index (χ2n) is 7.64. The third-order valence-corrected chi connectivity index (χ3v) is 5.01. The highest BCUT2D eigenvalue weighted by molar-refractivity contribution is 6.00. The van der Waals surface area contributed by atoms with E-state index in [0.717, 1.165) is 27.5 Å². The first-order chi connectivity index (χ1) is 14.7. The van der Waals surface area contributed by atoms with Crippen LogP contribution in [0.3, 0.4) is 0 Å². The maximum absolute atomic E-state index is 12.4. The molecule has 0 spiro atoms. The van der Waals surface area contributed by atoms with Gasteiger partial charge in [0.2, 0.25) is 0 Å². The third-order valence-electron chi connectivity index (χ3n) is 5.01. The highest BCUT2D eigenvalue weighted by Gasteiger charge is 2.20. The van der Waals surface area contributed by atoms with Gasteiger partial charge in [0.05, 0.1) is 0 Å². The number of hydrogen-bond donors (Lipinski definition) is 2. The van der Waals surface area contributed by atoms with Gasteiger partial charge in [-0.25, -0.2) is 0 Å². The average molecular weight is 418 g/mol. The number of ether oxygens (including phenoxy) is 1. The largest absolute Gasteiger partial charge is 0.451 e. The van der Waals surface area contributed by atoms with Crippen molar-refractivity contribution in [3.63, 3.8) is 0 Å². The topological polar surface area (TPSA) is 84.5 Å². The van der Waals surface area contributed by atoms with Crippen molar-refractivity contribution < 1.29 is 19.1 Å². The first-order valence-electron chi connectivity index (χ1n) is 10.1. The van der Waals surface area contributed by atoms with Gasteiger partial charge < -0.3 is 15.4 Å². The Morgan fingerprint density at radius 2 is 1.55 bits per heavy atom. The number of hydrogen-bond acceptors (Lipinski definition) is 4. The van der Waals surface area contributed by atoms with Gasteiger partial charge in [0, 0.05) is 11.3 Å². The molecule has 0 aliphatic carbocycles. The summed E-state index contributed by atoms with van der Waals surface area (Å²) in [6.07, 6.45) is -0.995. The van der Waals surface area contributed by atoms with E-state index in [2.05, 4.69) is 10.6 Å². The van der Waals surface area contributed by atoms with Crippen molar-refractivity contribution in [3.05, 3.63) is 76.9 Å². The number of aryl methyl sites for hydroxylation is 3. The number of anilines is 1. The van der Waals surface area contributed by atoms with Crippen LogP contribution in [0, 0.1) is 20.8 Å². The molecule has 2 amide bonds. The summed E-state index contributed by atoms with van der Waals surface area (Å²) in [4.78, 5) is 36.9. The average Bonchev–Trinajstić information content (AvgIpc) is 2.73. The number of nitrogens with one attached hydrogen (secondary N) is 2. The molecule has 0 aromatic heterocycles. The van der Waals surface area contributed by atoms with Crippen molar-refractivity contribution in [3.8, 4) is 0 Å². The van der Waals surface area contributed by atoms with Crippen LogP contribution in [-0.2, 0) is 14.3 Å². The molecule has 0 unspecified atom stereocenters. The molecule has 1 atom stereocenters. The van der Waals surface area contributed by atoms with E-state index in [1.165, 1.54) is 6.92 Å². The van der Waals surface area contributed by atoms with Gasteiger partial charge in [-0.1, -0.05) is 48.0 Å². The number of rotatable bonds is 6. The summed E-state index contributed by atoms with van der Waals surface area (Å²) in [6, 6.07) is 17.0. The first-order valence-corrected chi connectivity index (χ1v) is 10.1. The van der Waals surface area contributed by atoms with Crippen LogP contribution in [-0.4, -0.2) is 30.4 Å². The van der Waals surface area contributed by atoms with E-state index in [9.17, 15) is 14.4 Å².